The number of carbonyl (C=O) groups is 4. The van der Waals surface area contributed by atoms with Crippen LogP contribution in [0.2, 0.25) is 0 Å². The van der Waals surface area contributed by atoms with Crippen molar-refractivity contribution >= 4 is 23.9 Å². The summed E-state index contributed by atoms with van der Waals surface area (Å²) in [6.07, 6.45) is 10.9. The van der Waals surface area contributed by atoms with Crippen molar-refractivity contribution in [2.24, 2.45) is 0 Å². The van der Waals surface area contributed by atoms with Crippen molar-refractivity contribution in [1.29, 1.82) is 0 Å². The van der Waals surface area contributed by atoms with E-state index in [-0.39, 0.29) is 13.2 Å². The lowest BCUT2D eigenvalue weighted by Crippen LogP contribution is -2.10. The zero-order valence-corrected chi connectivity index (χ0v) is 31.9. The van der Waals surface area contributed by atoms with E-state index in [1.54, 1.807) is 97.1 Å². The number of rotatable bonds is 24. The second-order valence-corrected chi connectivity index (χ2v) is 13.0. The lowest BCUT2D eigenvalue weighted by atomic mass is 10.2. The highest BCUT2D eigenvalue weighted by molar-refractivity contribution is 5.93. The van der Waals surface area contributed by atoms with Crippen molar-refractivity contribution in [3.05, 3.63) is 119 Å². The van der Waals surface area contributed by atoms with Gasteiger partial charge in [0.1, 0.15) is 23.0 Å². The molecule has 4 aromatic rings. The van der Waals surface area contributed by atoms with Gasteiger partial charge in [-0.1, -0.05) is 52.4 Å². The van der Waals surface area contributed by atoms with Crippen molar-refractivity contribution in [3.63, 3.8) is 0 Å². The van der Waals surface area contributed by atoms with E-state index in [1.165, 1.54) is 25.7 Å². The zero-order valence-electron chi connectivity index (χ0n) is 31.9. The monoisotopic (exact) mass is 752 g/mol. The highest BCUT2D eigenvalue weighted by atomic mass is 16.5. The Labute approximate surface area is 324 Å². The topological polar surface area (TPSA) is 124 Å². The van der Waals surface area contributed by atoms with Gasteiger partial charge in [0.05, 0.1) is 48.7 Å². The molecule has 0 atom stereocenters. The van der Waals surface area contributed by atoms with E-state index in [2.05, 4.69) is 13.8 Å². The Morgan fingerprint density at radius 3 is 0.982 bits per heavy atom. The summed E-state index contributed by atoms with van der Waals surface area (Å²) in [6, 6.07) is 26.0. The Hall–Kier alpha value is -5.64. The number of ether oxygens (including phenoxy) is 6. The quantitative estimate of drug-likeness (QED) is 0.0388. The Kier molecular flexibility index (Phi) is 18.3. The molecular formula is C45H52O10. The van der Waals surface area contributed by atoms with Gasteiger partial charge < -0.3 is 28.4 Å². The fraction of sp³-hybridized carbons (Fsp3) is 0.378. The molecule has 10 nitrogen and oxygen atoms in total. The molecule has 55 heavy (non-hydrogen) atoms. The van der Waals surface area contributed by atoms with Gasteiger partial charge in [-0.05, 0) is 129 Å². The van der Waals surface area contributed by atoms with Crippen LogP contribution < -0.4 is 18.9 Å². The number of unbranched alkanes of at least 4 members (excludes halogenated alkanes) is 8. The van der Waals surface area contributed by atoms with Gasteiger partial charge in [0.2, 0.25) is 0 Å². The van der Waals surface area contributed by atoms with Crippen LogP contribution >= 0.6 is 0 Å². The van der Waals surface area contributed by atoms with Crippen LogP contribution in [0.5, 0.6) is 23.0 Å². The third kappa shape index (κ3) is 15.3. The minimum Gasteiger partial charge on any atom is -0.494 e. The van der Waals surface area contributed by atoms with Crippen molar-refractivity contribution in [3.8, 4) is 23.0 Å². The molecule has 0 amide bonds. The van der Waals surface area contributed by atoms with Crippen LogP contribution in [0, 0.1) is 0 Å². The molecule has 0 aliphatic rings. The lowest BCUT2D eigenvalue weighted by molar-refractivity contribution is 0.0477. The summed E-state index contributed by atoms with van der Waals surface area (Å²) in [6.45, 7) is 6.03. The first-order chi connectivity index (χ1) is 26.9. The summed E-state index contributed by atoms with van der Waals surface area (Å²) >= 11 is 0. The van der Waals surface area contributed by atoms with E-state index >= 15 is 0 Å². The summed E-state index contributed by atoms with van der Waals surface area (Å²) in [4.78, 5) is 50.1. The van der Waals surface area contributed by atoms with Gasteiger partial charge in [0.15, 0.2) is 0 Å². The van der Waals surface area contributed by atoms with E-state index in [0.29, 0.717) is 77.7 Å². The van der Waals surface area contributed by atoms with Gasteiger partial charge in [-0.15, -0.1) is 0 Å². The molecule has 0 aromatic heterocycles. The normalized spacial score (nSPS) is 10.7. The van der Waals surface area contributed by atoms with Crippen LogP contribution in [0.25, 0.3) is 0 Å². The van der Waals surface area contributed by atoms with Crippen LogP contribution in [0.4, 0.5) is 0 Å². The van der Waals surface area contributed by atoms with E-state index in [0.717, 1.165) is 25.7 Å². The predicted octanol–water partition coefficient (Wildman–Crippen LogP) is 10.2. The lowest BCUT2D eigenvalue weighted by Gasteiger charge is -2.09. The third-order valence-corrected chi connectivity index (χ3v) is 8.57. The zero-order chi connectivity index (χ0) is 39.1. The number of hydrogen-bond donors (Lipinski definition) is 0. The molecule has 292 valence electrons. The van der Waals surface area contributed by atoms with Gasteiger partial charge in [-0.2, -0.15) is 0 Å². The first kappa shape index (κ1) is 42.1. The van der Waals surface area contributed by atoms with E-state index in [1.807, 2.05) is 0 Å². The first-order valence-corrected chi connectivity index (χ1v) is 19.3. The van der Waals surface area contributed by atoms with E-state index in [4.69, 9.17) is 28.4 Å². The molecule has 0 unspecified atom stereocenters. The van der Waals surface area contributed by atoms with Gasteiger partial charge in [0, 0.05) is 0 Å². The second kappa shape index (κ2) is 23.9. The Bertz CT molecular complexity index is 1620. The van der Waals surface area contributed by atoms with Crippen LogP contribution in [-0.2, 0) is 9.47 Å². The Morgan fingerprint density at radius 1 is 0.345 bits per heavy atom. The average Bonchev–Trinajstić information content (AvgIpc) is 3.21. The minimum atomic E-state index is -0.511. The van der Waals surface area contributed by atoms with Gasteiger partial charge in [-0.3, -0.25) is 0 Å². The summed E-state index contributed by atoms with van der Waals surface area (Å²) in [7, 11) is 0. The molecule has 0 fully saturated rings. The molecule has 0 saturated carbocycles. The van der Waals surface area contributed by atoms with Crippen LogP contribution in [-0.4, -0.2) is 50.3 Å². The maximum Gasteiger partial charge on any atom is 0.343 e. The van der Waals surface area contributed by atoms with Crippen molar-refractivity contribution in [2.45, 2.75) is 84.5 Å². The highest BCUT2D eigenvalue weighted by Crippen LogP contribution is 2.20. The molecule has 0 saturated heterocycles. The Balaban J connectivity index is 1.06. The molecular weight excluding hydrogens is 700 g/mol. The van der Waals surface area contributed by atoms with Gasteiger partial charge in [0.25, 0.3) is 0 Å². The average molecular weight is 753 g/mol. The maximum absolute atomic E-state index is 12.6. The van der Waals surface area contributed by atoms with Crippen LogP contribution in [0.15, 0.2) is 97.1 Å². The number of esters is 4. The second-order valence-electron chi connectivity index (χ2n) is 13.0. The molecule has 4 rings (SSSR count). The standard InChI is InChI=1S/C45H52O10/c1-3-5-7-10-30-50-38-22-14-36(15-23-38)44(48)54-40-26-18-34(19-27-40)42(46)52-32-12-9-13-33-53-43(47)35-20-28-41(29-21-35)55-45(49)37-16-24-39(25-17-37)51-31-11-8-6-4-2/h14-29H,3-13,30-33H2,1-2H3. The van der Waals surface area contributed by atoms with Gasteiger partial charge >= 0.3 is 23.9 Å². The first-order valence-electron chi connectivity index (χ1n) is 19.3. The highest BCUT2D eigenvalue weighted by Gasteiger charge is 2.13. The van der Waals surface area contributed by atoms with Crippen molar-refractivity contribution < 1.29 is 47.6 Å². The number of carbonyl (C=O) groups excluding carboxylic acids is 4. The van der Waals surface area contributed by atoms with Crippen LogP contribution in [0.3, 0.4) is 0 Å². The number of hydrogen-bond acceptors (Lipinski definition) is 10. The third-order valence-electron chi connectivity index (χ3n) is 8.57. The fourth-order valence-electron chi connectivity index (χ4n) is 5.34. The molecule has 0 heterocycles. The summed E-state index contributed by atoms with van der Waals surface area (Å²) in [5.41, 5.74) is 1.45. The SMILES string of the molecule is CCCCCCOc1ccc(C(=O)Oc2ccc(C(=O)OCCCCCOC(=O)c3ccc(OC(=O)c4ccc(OCCCCCC)cc4)cc3)cc2)cc1. The Morgan fingerprint density at radius 2 is 0.636 bits per heavy atom. The molecule has 4 aromatic carbocycles. The molecule has 0 aliphatic heterocycles. The summed E-state index contributed by atoms with van der Waals surface area (Å²) < 4.78 is 33.1. The van der Waals surface area contributed by atoms with Crippen molar-refractivity contribution in [1.82, 2.24) is 0 Å². The van der Waals surface area contributed by atoms with Gasteiger partial charge in [-0.25, -0.2) is 19.2 Å². The number of benzene rings is 4. The van der Waals surface area contributed by atoms with Crippen molar-refractivity contribution in [2.75, 3.05) is 26.4 Å². The smallest absolute Gasteiger partial charge is 0.343 e. The molecule has 0 spiro atoms. The summed E-state index contributed by atoms with van der Waals surface area (Å²) in [5, 5.41) is 0. The van der Waals surface area contributed by atoms with E-state index in [9.17, 15) is 19.2 Å². The molecule has 0 aliphatic carbocycles. The molecule has 0 N–H and O–H groups in total. The largest absolute Gasteiger partial charge is 0.494 e. The summed E-state index contributed by atoms with van der Waals surface area (Å²) in [5.74, 6) is 0.0348. The molecule has 10 heteroatoms. The maximum atomic E-state index is 12.6. The predicted molar refractivity (Wildman–Crippen MR) is 209 cm³/mol. The van der Waals surface area contributed by atoms with Crippen LogP contribution in [0.1, 0.15) is 126 Å². The fourth-order valence-corrected chi connectivity index (χ4v) is 5.34. The minimum absolute atomic E-state index is 0.208. The van der Waals surface area contributed by atoms with E-state index < -0.39 is 23.9 Å². The molecule has 0 radical (unpaired) electrons. The molecule has 0 bridgehead atoms.